The monoisotopic (exact) mass is 543 g/mol. The van der Waals surface area contributed by atoms with Crippen molar-refractivity contribution < 1.29 is 23.8 Å². The largest absolute Gasteiger partial charge is 0.396 e. The van der Waals surface area contributed by atoms with Gasteiger partial charge in [0.15, 0.2) is 11.2 Å². The van der Waals surface area contributed by atoms with E-state index < -0.39 is 38.0 Å². The number of nitrogens with one attached hydrogen (secondary N) is 1. The molecule has 0 spiro atoms. The summed E-state index contributed by atoms with van der Waals surface area (Å²) in [5, 5.41) is 20.8. The first-order chi connectivity index (χ1) is 16.7. The highest BCUT2D eigenvalue weighted by Crippen LogP contribution is 2.43. The van der Waals surface area contributed by atoms with Crippen molar-refractivity contribution in [3.05, 3.63) is 62.6 Å². The molecule has 0 aliphatic heterocycles. The molecule has 4 rings (SSSR count). The van der Waals surface area contributed by atoms with E-state index in [1.807, 2.05) is 0 Å². The average Bonchev–Trinajstić information content (AvgIpc) is 3.32. The highest BCUT2D eigenvalue weighted by molar-refractivity contribution is 7.33. The molecule has 1 unspecified atom stereocenters. The van der Waals surface area contributed by atoms with E-state index in [1.165, 1.54) is 12.4 Å². The molecule has 1 saturated carbocycles. The Morgan fingerprint density at radius 1 is 1.40 bits per heavy atom. The number of fused-ring (bicyclic) bond motifs is 1. The second-order valence-corrected chi connectivity index (χ2v) is 9.99. The lowest BCUT2D eigenvalue weighted by atomic mass is 10.0. The number of benzene rings is 1. The molecule has 1 aliphatic rings. The van der Waals surface area contributed by atoms with Crippen molar-refractivity contribution in [2.75, 3.05) is 18.9 Å². The lowest BCUT2D eigenvalue weighted by Crippen LogP contribution is -2.19. The normalized spacial score (nSPS) is 22.1. The number of imidazole rings is 1. The molecule has 188 valence electrons. The quantitative estimate of drug-likeness (QED) is 0.234. The maximum Gasteiger partial charge on any atom is 0.319 e. The van der Waals surface area contributed by atoms with Gasteiger partial charge in [-0.1, -0.05) is 35.8 Å². The van der Waals surface area contributed by atoms with Crippen LogP contribution >= 0.6 is 31.5 Å². The summed E-state index contributed by atoms with van der Waals surface area (Å²) < 4.78 is 25.3. The predicted molar refractivity (Wildman–Crippen MR) is 132 cm³/mol. The van der Waals surface area contributed by atoms with Gasteiger partial charge in [-0.2, -0.15) is 4.98 Å². The number of rotatable bonds is 9. The van der Waals surface area contributed by atoms with E-state index in [-0.39, 0.29) is 43.2 Å². The number of hydrogen-bond acceptors (Lipinski definition) is 9. The van der Waals surface area contributed by atoms with E-state index in [9.17, 15) is 19.6 Å². The van der Waals surface area contributed by atoms with Crippen LogP contribution in [0.1, 0.15) is 30.6 Å². The standard InChI is InChI=1S/C21H24Cl2N5O6P/c1-10-13(8-33-35(32)34-17(4-5-29)12-3-2-11(22)6-14(12)23)16(30)7-15(10)28-9-25-18-19(28)26-21(24)27-20(18)31/h2-3,6,9,13,15-17,29-30,35H,1,4-5,7-8H2,(H3,24,26,27,31)/t13-,15-,16-,17+/m0/s1. The third-order valence-electron chi connectivity index (χ3n) is 5.94. The average molecular weight is 544 g/mol. The first-order valence-corrected chi connectivity index (χ1v) is 12.7. The summed E-state index contributed by atoms with van der Waals surface area (Å²) in [5.41, 5.74) is 6.71. The van der Waals surface area contributed by atoms with Crippen LogP contribution in [-0.4, -0.2) is 49.0 Å². The van der Waals surface area contributed by atoms with Crippen molar-refractivity contribution in [2.45, 2.75) is 31.1 Å². The maximum atomic E-state index is 12.6. The van der Waals surface area contributed by atoms with Crippen LogP contribution in [0.15, 0.2) is 41.5 Å². The van der Waals surface area contributed by atoms with Crippen LogP contribution in [0, 0.1) is 5.92 Å². The fourth-order valence-electron chi connectivity index (χ4n) is 4.19. The smallest absolute Gasteiger partial charge is 0.319 e. The van der Waals surface area contributed by atoms with Gasteiger partial charge >= 0.3 is 8.25 Å². The first kappa shape index (κ1) is 25.8. The lowest BCUT2D eigenvalue weighted by Gasteiger charge is -2.20. The van der Waals surface area contributed by atoms with Crippen LogP contribution < -0.4 is 11.3 Å². The van der Waals surface area contributed by atoms with Gasteiger partial charge in [-0.25, -0.2) is 4.98 Å². The minimum absolute atomic E-state index is 0.0535. The van der Waals surface area contributed by atoms with Crippen LogP contribution in [0.3, 0.4) is 0 Å². The van der Waals surface area contributed by atoms with Crippen LogP contribution in [-0.2, 0) is 13.6 Å². The molecule has 2 heterocycles. The van der Waals surface area contributed by atoms with Gasteiger partial charge in [0.05, 0.1) is 31.2 Å². The Morgan fingerprint density at radius 3 is 2.89 bits per heavy atom. The summed E-state index contributed by atoms with van der Waals surface area (Å²) in [6, 6.07) is 4.35. The summed E-state index contributed by atoms with van der Waals surface area (Å²) in [4.78, 5) is 22.7. The van der Waals surface area contributed by atoms with Crippen LogP contribution in [0.2, 0.25) is 10.0 Å². The maximum absolute atomic E-state index is 12.6. The second kappa shape index (κ2) is 10.8. The second-order valence-electron chi connectivity index (χ2n) is 8.12. The summed E-state index contributed by atoms with van der Waals surface area (Å²) in [6.45, 7) is 3.75. The van der Waals surface area contributed by atoms with Gasteiger partial charge in [0.1, 0.15) is 0 Å². The number of hydrogen-bond donors (Lipinski definition) is 4. The van der Waals surface area contributed by atoms with Gasteiger partial charge in [-0.15, -0.1) is 0 Å². The van der Waals surface area contributed by atoms with Crippen molar-refractivity contribution in [1.82, 2.24) is 19.5 Å². The van der Waals surface area contributed by atoms with Gasteiger partial charge in [0.2, 0.25) is 5.95 Å². The van der Waals surface area contributed by atoms with Crippen LogP contribution in [0.4, 0.5) is 5.95 Å². The number of halogens is 2. The molecule has 35 heavy (non-hydrogen) atoms. The highest BCUT2D eigenvalue weighted by Gasteiger charge is 2.39. The van der Waals surface area contributed by atoms with Gasteiger partial charge in [0, 0.05) is 34.6 Å². The Hall–Kier alpha value is -2.24. The van der Waals surface area contributed by atoms with E-state index in [0.717, 1.165) is 0 Å². The number of H-pyrrole nitrogens is 1. The zero-order valence-corrected chi connectivity index (χ0v) is 20.9. The molecule has 0 bridgehead atoms. The molecule has 5 atom stereocenters. The molecule has 1 aromatic carbocycles. The van der Waals surface area contributed by atoms with Crippen molar-refractivity contribution in [1.29, 1.82) is 0 Å². The SMILES string of the molecule is C=C1[C@H](CO[PH](=O)O[C@H](CCO)c2ccc(Cl)cc2Cl)[C@@H](O)C[C@@H]1n1cnc2c(=O)[nH]c(N)nc21. The predicted octanol–water partition coefficient (Wildman–Crippen LogP) is 3.03. The number of aliphatic hydroxyl groups excluding tert-OH is 2. The number of aromatic amines is 1. The van der Waals surface area contributed by atoms with E-state index in [0.29, 0.717) is 21.2 Å². The lowest BCUT2D eigenvalue weighted by molar-refractivity contribution is 0.0920. The molecule has 0 amide bonds. The minimum Gasteiger partial charge on any atom is -0.396 e. The summed E-state index contributed by atoms with van der Waals surface area (Å²) in [7, 11) is -3.03. The minimum atomic E-state index is -3.03. The number of anilines is 1. The topological polar surface area (TPSA) is 166 Å². The van der Waals surface area contributed by atoms with E-state index in [4.69, 9.17) is 38.0 Å². The van der Waals surface area contributed by atoms with E-state index in [1.54, 1.807) is 16.7 Å². The van der Waals surface area contributed by atoms with Gasteiger partial charge < -0.3 is 29.6 Å². The Bertz CT molecular complexity index is 1330. The Balaban J connectivity index is 1.44. The highest BCUT2D eigenvalue weighted by atomic mass is 35.5. The summed E-state index contributed by atoms with van der Waals surface area (Å²) in [5.74, 6) is -0.605. The Labute approximate surface area is 210 Å². The van der Waals surface area contributed by atoms with E-state index >= 15 is 0 Å². The molecule has 1 fully saturated rings. The van der Waals surface area contributed by atoms with Crippen LogP contribution in [0.5, 0.6) is 0 Å². The summed E-state index contributed by atoms with van der Waals surface area (Å²) in [6.07, 6.45) is 0.234. The van der Waals surface area contributed by atoms with Gasteiger partial charge in [0.25, 0.3) is 5.56 Å². The molecule has 0 radical (unpaired) electrons. The van der Waals surface area contributed by atoms with Gasteiger partial charge in [-0.05, 0) is 24.1 Å². The third kappa shape index (κ3) is 5.46. The number of nitrogens with zero attached hydrogens (tertiary/aromatic N) is 3. The fourth-order valence-corrected chi connectivity index (χ4v) is 5.58. The van der Waals surface area contributed by atoms with Crippen molar-refractivity contribution >= 4 is 48.6 Å². The van der Waals surface area contributed by atoms with Crippen LogP contribution in [0.25, 0.3) is 11.2 Å². The van der Waals surface area contributed by atoms with Crippen molar-refractivity contribution in [3.8, 4) is 0 Å². The van der Waals surface area contributed by atoms with Crippen molar-refractivity contribution in [3.63, 3.8) is 0 Å². The first-order valence-electron chi connectivity index (χ1n) is 10.7. The molecule has 11 nitrogen and oxygen atoms in total. The number of nitrogen functional groups attached to an aromatic ring is 1. The zero-order chi connectivity index (χ0) is 25.3. The molecular formula is C21H24Cl2N5O6P. The number of aliphatic hydroxyl groups is 2. The molecule has 14 heteroatoms. The van der Waals surface area contributed by atoms with Crippen molar-refractivity contribution in [2.24, 2.45) is 5.92 Å². The molecule has 3 aromatic rings. The third-order valence-corrected chi connectivity index (χ3v) is 7.38. The Morgan fingerprint density at radius 2 is 2.17 bits per heavy atom. The van der Waals surface area contributed by atoms with Gasteiger partial charge in [-0.3, -0.25) is 14.3 Å². The molecule has 0 saturated heterocycles. The number of nitrogens with two attached hydrogens (primary N) is 1. The van der Waals surface area contributed by atoms with E-state index in [2.05, 4.69) is 21.5 Å². The zero-order valence-electron chi connectivity index (χ0n) is 18.4. The molecular weight excluding hydrogens is 520 g/mol. The Kier molecular flexibility index (Phi) is 7.97. The molecule has 1 aliphatic carbocycles. The fraction of sp³-hybridized carbons (Fsp3) is 0.381. The molecule has 5 N–H and O–H groups in total. The summed E-state index contributed by atoms with van der Waals surface area (Å²) >= 11 is 12.2. The molecule has 2 aromatic heterocycles. The number of aromatic nitrogens is 4.